The van der Waals surface area contributed by atoms with Crippen molar-refractivity contribution in [3.8, 4) is 0 Å². The average molecular weight is 286 g/mol. The number of benzene rings is 1. The summed E-state index contributed by atoms with van der Waals surface area (Å²) in [5, 5.41) is 3.11. The van der Waals surface area contributed by atoms with Crippen LogP contribution in [0.25, 0.3) is 6.08 Å². The van der Waals surface area contributed by atoms with Crippen LogP contribution in [0.5, 0.6) is 0 Å². The van der Waals surface area contributed by atoms with E-state index in [4.69, 9.17) is 0 Å². The Morgan fingerprint density at radius 2 is 1.95 bits per heavy atom. The van der Waals surface area contributed by atoms with Crippen LogP contribution in [-0.4, -0.2) is 36.5 Å². The Labute approximate surface area is 128 Å². The molecule has 1 aliphatic rings. The van der Waals surface area contributed by atoms with Crippen molar-refractivity contribution in [3.05, 3.63) is 41.5 Å². The molecule has 3 nitrogen and oxygen atoms in total. The molecule has 21 heavy (non-hydrogen) atoms. The van der Waals surface area contributed by atoms with Gasteiger partial charge in [-0.15, -0.1) is 0 Å². The Hall–Kier alpha value is -1.61. The molecule has 0 bridgehead atoms. The predicted octanol–water partition coefficient (Wildman–Crippen LogP) is 3.00. The number of carbonyl (C=O) groups excluding carboxylic acids is 1. The highest BCUT2D eigenvalue weighted by molar-refractivity contribution is 5.91. The summed E-state index contributed by atoms with van der Waals surface area (Å²) in [5.41, 5.74) is 2.30. The molecular formula is C18H26N2O. The molecule has 1 amide bonds. The van der Waals surface area contributed by atoms with Gasteiger partial charge < -0.3 is 10.2 Å². The number of piperidine rings is 1. The zero-order valence-electron chi connectivity index (χ0n) is 13.1. The summed E-state index contributed by atoms with van der Waals surface area (Å²) in [6, 6.07) is 8.50. The maximum Gasteiger partial charge on any atom is 0.244 e. The summed E-state index contributed by atoms with van der Waals surface area (Å²) >= 11 is 0. The topological polar surface area (TPSA) is 32.3 Å². The minimum atomic E-state index is 0.0181. The van der Waals surface area contributed by atoms with Crippen molar-refractivity contribution in [3.63, 3.8) is 0 Å². The summed E-state index contributed by atoms with van der Waals surface area (Å²) in [5.74, 6) is 0.0181. The van der Waals surface area contributed by atoms with Gasteiger partial charge in [0.15, 0.2) is 0 Å². The van der Waals surface area contributed by atoms with E-state index in [1.165, 1.54) is 18.5 Å². The van der Waals surface area contributed by atoms with E-state index in [1.54, 1.807) is 6.08 Å². The third-order valence-electron chi connectivity index (χ3n) is 3.98. The molecule has 1 aromatic rings. The largest absolute Gasteiger partial charge is 0.350 e. The molecule has 0 unspecified atom stereocenters. The molecular weight excluding hydrogens is 260 g/mol. The number of hydrogen-bond donors (Lipinski definition) is 1. The number of hydrogen-bond acceptors (Lipinski definition) is 2. The van der Waals surface area contributed by atoms with Crippen molar-refractivity contribution in [2.24, 2.45) is 0 Å². The Morgan fingerprint density at radius 1 is 1.29 bits per heavy atom. The molecule has 1 heterocycles. The van der Waals surface area contributed by atoms with Crippen LogP contribution in [0, 0.1) is 6.92 Å². The lowest BCUT2D eigenvalue weighted by atomic mass is 10.0. The number of carbonyl (C=O) groups is 1. The van der Waals surface area contributed by atoms with Crippen LogP contribution >= 0.6 is 0 Å². The summed E-state index contributed by atoms with van der Waals surface area (Å²) in [7, 11) is 0. The first kappa shape index (κ1) is 15.8. The van der Waals surface area contributed by atoms with Crippen LogP contribution in [0.1, 0.15) is 37.3 Å². The van der Waals surface area contributed by atoms with Crippen LogP contribution in [0.2, 0.25) is 0 Å². The van der Waals surface area contributed by atoms with Gasteiger partial charge in [-0.05, 0) is 44.4 Å². The first-order valence-electron chi connectivity index (χ1n) is 7.95. The Bertz CT molecular complexity index is 470. The van der Waals surface area contributed by atoms with E-state index in [0.29, 0.717) is 6.04 Å². The van der Waals surface area contributed by atoms with Gasteiger partial charge in [0.2, 0.25) is 5.91 Å². The van der Waals surface area contributed by atoms with Crippen molar-refractivity contribution in [2.45, 2.75) is 39.2 Å². The third-order valence-corrected chi connectivity index (χ3v) is 3.98. The van der Waals surface area contributed by atoms with E-state index >= 15 is 0 Å². The van der Waals surface area contributed by atoms with E-state index in [1.807, 2.05) is 18.2 Å². The van der Waals surface area contributed by atoms with Crippen molar-refractivity contribution in [2.75, 3.05) is 19.6 Å². The molecule has 114 valence electrons. The van der Waals surface area contributed by atoms with Crippen LogP contribution in [-0.2, 0) is 4.79 Å². The minimum Gasteiger partial charge on any atom is -0.350 e. The summed E-state index contributed by atoms with van der Waals surface area (Å²) < 4.78 is 0. The Kier molecular flexibility index (Phi) is 6.00. The van der Waals surface area contributed by atoms with Gasteiger partial charge in [-0.25, -0.2) is 0 Å². The third kappa shape index (κ3) is 5.35. The van der Waals surface area contributed by atoms with E-state index in [9.17, 15) is 4.79 Å². The molecule has 0 radical (unpaired) electrons. The lowest BCUT2D eigenvalue weighted by molar-refractivity contribution is -0.117. The fourth-order valence-corrected chi connectivity index (χ4v) is 2.72. The molecule has 0 aliphatic carbocycles. The lowest BCUT2D eigenvalue weighted by Gasteiger charge is -2.31. The number of nitrogens with one attached hydrogen (secondary N) is 1. The van der Waals surface area contributed by atoms with E-state index in [2.05, 4.69) is 36.2 Å². The normalized spacial score (nSPS) is 17.2. The fourth-order valence-electron chi connectivity index (χ4n) is 2.72. The Morgan fingerprint density at radius 3 is 2.57 bits per heavy atom. The van der Waals surface area contributed by atoms with E-state index < -0.39 is 0 Å². The SMILES string of the molecule is CCCN1CCC(NC(=O)/C=C/c2ccc(C)cc2)CC1. The molecule has 2 rings (SSSR count). The monoisotopic (exact) mass is 286 g/mol. The maximum absolute atomic E-state index is 11.9. The second-order valence-electron chi connectivity index (χ2n) is 5.87. The molecule has 1 aromatic carbocycles. The van der Waals surface area contributed by atoms with Gasteiger partial charge in [0, 0.05) is 25.2 Å². The summed E-state index contributed by atoms with van der Waals surface area (Å²) in [6.07, 6.45) is 6.84. The number of likely N-dealkylation sites (tertiary alicyclic amines) is 1. The molecule has 1 N–H and O–H groups in total. The number of aryl methyl sites for hydroxylation is 1. The highest BCUT2D eigenvalue weighted by Gasteiger charge is 2.19. The highest BCUT2D eigenvalue weighted by Crippen LogP contribution is 2.11. The molecule has 0 spiro atoms. The highest BCUT2D eigenvalue weighted by atomic mass is 16.1. The van der Waals surface area contributed by atoms with Crippen molar-refractivity contribution in [1.82, 2.24) is 10.2 Å². The number of rotatable bonds is 5. The quantitative estimate of drug-likeness (QED) is 0.844. The van der Waals surface area contributed by atoms with Crippen LogP contribution < -0.4 is 5.32 Å². The second kappa shape index (κ2) is 7.99. The van der Waals surface area contributed by atoms with Gasteiger partial charge in [-0.2, -0.15) is 0 Å². The number of nitrogens with zero attached hydrogens (tertiary/aromatic N) is 1. The van der Waals surface area contributed by atoms with Crippen molar-refractivity contribution in [1.29, 1.82) is 0 Å². The average Bonchev–Trinajstić information content (AvgIpc) is 2.49. The van der Waals surface area contributed by atoms with Crippen molar-refractivity contribution >= 4 is 12.0 Å². The van der Waals surface area contributed by atoms with Gasteiger partial charge in [-0.3, -0.25) is 4.79 Å². The van der Waals surface area contributed by atoms with Crippen molar-refractivity contribution < 1.29 is 4.79 Å². The predicted molar refractivity (Wildman–Crippen MR) is 88.1 cm³/mol. The molecule has 0 saturated carbocycles. The van der Waals surface area contributed by atoms with E-state index in [0.717, 1.165) is 31.5 Å². The van der Waals surface area contributed by atoms with Crippen LogP contribution in [0.15, 0.2) is 30.3 Å². The zero-order valence-corrected chi connectivity index (χ0v) is 13.1. The van der Waals surface area contributed by atoms with Crippen LogP contribution in [0.4, 0.5) is 0 Å². The zero-order chi connectivity index (χ0) is 15.1. The lowest BCUT2D eigenvalue weighted by Crippen LogP contribution is -2.44. The number of amides is 1. The van der Waals surface area contributed by atoms with Gasteiger partial charge >= 0.3 is 0 Å². The van der Waals surface area contributed by atoms with Crippen LogP contribution in [0.3, 0.4) is 0 Å². The summed E-state index contributed by atoms with van der Waals surface area (Å²) in [6.45, 7) is 7.64. The molecule has 1 aliphatic heterocycles. The standard InChI is InChI=1S/C18H26N2O/c1-3-12-20-13-10-17(11-14-20)19-18(21)9-8-16-6-4-15(2)5-7-16/h4-9,17H,3,10-14H2,1-2H3,(H,19,21)/b9-8+. The summed E-state index contributed by atoms with van der Waals surface area (Å²) in [4.78, 5) is 14.4. The van der Waals surface area contributed by atoms with E-state index in [-0.39, 0.29) is 5.91 Å². The van der Waals surface area contributed by atoms with Gasteiger partial charge in [0.1, 0.15) is 0 Å². The molecule has 1 saturated heterocycles. The first-order chi connectivity index (χ1) is 10.2. The smallest absolute Gasteiger partial charge is 0.244 e. The maximum atomic E-state index is 11.9. The Balaban J connectivity index is 1.76. The molecule has 0 atom stereocenters. The van der Waals surface area contributed by atoms with Gasteiger partial charge in [-0.1, -0.05) is 36.8 Å². The second-order valence-corrected chi connectivity index (χ2v) is 5.87. The molecule has 3 heteroatoms. The fraction of sp³-hybridized carbons (Fsp3) is 0.500. The molecule has 1 fully saturated rings. The van der Waals surface area contributed by atoms with Gasteiger partial charge in [0.05, 0.1) is 0 Å². The minimum absolute atomic E-state index is 0.0181. The molecule has 0 aromatic heterocycles. The van der Waals surface area contributed by atoms with Gasteiger partial charge in [0.25, 0.3) is 0 Å². The first-order valence-corrected chi connectivity index (χ1v) is 7.95.